The summed E-state index contributed by atoms with van der Waals surface area (Å²) in [6.45, 7) is 0.685. The van der Waals surface area contributed by atoms with Gasteiger partial charge in [-0.1, -0.05) is 11.6 Å². The summed E-state index contributed by atoms with van der Waals surface area (Å²) in [7, 11) is -2.08. The van der Waals surface area contributed by atoms with E-state index in [1.807, 2.05) is 0 Å². The van der Waals surface area contributed by atoms with Crippen molar-refractivity contribution in [2.75, 3.05) is 26.0 Å². The van der Waals surface area contributed by atoms with Crippen molar-refractivity contribution in [1.29, 1.82) is 0 Å². The zero-order chi connectivity index (χ0) is 14.0. The number of nitrogen functional groups attached to an aromatic ring is 1. The molecule has 2 N–H and O–H groups in total. The van der Waals surface area contributed by atoms with Gasteiger partial charge in [0.05, 0.1) is 11.6 Å². The fourth-order valence-corrected chi connectivity index (χ4v) is 4.07. The summed E-state index contributed by atoms with van der Waals surface area (Å²) in [4.78, 5) is 0.0668. The van der Waals surface area contributed by atoms with Crippen LogP contribution in [0.4, 0.5) is 5.69 Å². The van der Waals surface area contributed by atoms with Gasteiger partial charge in [0.1, 0.15) is 4.90 Å². The van der Waals surface area contributed by atoms with Gasteiger partial charge in [-0.05, 0) is 31.0 Å². The first-order valence-corrected chi connectivity index (χ1v) is 7.84. The lowest BCUT2D eigenvalue weighted by Crippen LogP contribution is -2.36. The second kappa shape index (κ2) is 5.66. The largest absolute Gasteiger partial charge is 0.399 e. The molecule has 0 bridgehead atoms. The molecule has 0 atom stereocenters. The van der Waals surface area contributed by atoms with Crippen molar-refractivity contribution in [3.8, 4) is 0 Å². The molecule has 2 rings (SSSR count). The minimum absolute atomic E-state index is 0.0534. The average Bonchev–Trinajstić information content (AvgIpc) is 3.17. The Bertz CT molecular complexity index is 558. The van der Waals surface area contributed by atoms with Gasteiger partial charge in [0.25, 0.3) is 0 Å². The molecule has 1 aromatic rings. The highest BCUT2D eigenvalue weighted by Crippen LogP contribution is 2.34. The molecule has 0 amide bonds. The molecule has 1 aliphatic rings. The molecular formula is C12H17ClN2O3S. The summed E-state index contributed by atoms with van der Waals surface area (Å²) in [5, 5.41) is 0.192. The molecule has 7 heteroatoms. The second-order valence-electron chi connectivity index (χ2n) is 4.53. The van der Waals surface area contributed by atoms with Crippen LogP contribution in [0, 0.1) is 0 Å². The molecule has 1 saturated carbocycles. The van der Waals surface area contributed by atoms with Gasteiger partial charge in [0, 0.05) is 25.4 Å². The third kappa shape index (κ3) is 3.20. The Hall–Kier alpha value is -0.820. The van der Waals surface area contributed by atoms with E-state index in [9.17, 15) is 8.42 Å². The van der Waals surface area contributed by atoms with E-state index in [4.69, 9.17) is 22.1 Å². The Balaban J connectivity index is 2.35. The highest BCUT2D eigenvalue weighted by atomic mass is 35.5. The molecule has 1 aromatic carbocycles. The number of anilines is 1. The van der Waals surface area contributed by atoms with E-state index in [0.717, 1.165) is 12.8 Å². The van der Waals surface area contributed by atoms with Gasteiger partial charge in [0.15, 0.2) is 0 Å². The van der Waals surface area contributed by atoms with Crippen LogP contribution < -0.4 is 5.73 Å². The van der Waals surface area contributed by atoms with E-state index in [1.54, 1.807) is 13.2 Å². The first kappa shape index (κ1) is 14.6. The summed E-state index contributed by atoms with van der Waals surface area (Å²) < 4.78 is 31.7. The smallest absolute Gasteiger partial charge is 0.244 e. The van der Waals surface area contributed by atoms with Gasteiger partial charge in [-0.2, -0.15) is 4.31 Å². The summed E-state index contributed by atoms with van der Waals surface area (Å²) in [5.41, 5.74) is 6.03. The number of hydrogen-bond donors (Lipinski definition) is 1. The summed E-state index contributed by atoms with van der Waals surface area (Å²) in [5.74, 6) is 0. The van der Waals surface area contributed by atoms with Gasteiger partial charge in [-0.15, -0.1) is 0 Å². The Morgan fingerprint density at radius 1 is 1.47 bits per heavy atom. The average molecular weight is 305 g/mol. The molecule has 0 aromatic heterocycles. The normalized spacial score (nSPS) is 15.9. The van der Waals surface area contributed by atoms with Crippen LogP contribution in [-0.2, 0) is 14.8 Å². The molecule has 19 heavy (non-hydrogen) atoms. The Kier molecular flexibility index (Phi) is 4.35. The summed E-state index contributed by atoms with van der Waals surface area (Å²) in [6.07, 6.45) is 1.76. The van der Waals surface area contributed by atoms with E-state index in [1.165, 1.54) is 16.4 Å². The Morgan fingerprint density at radius 3 is 2.74 bits per heavy atom. The topological polar surface area (TPSA) is 72.6 Å². The number of sulfonamides is 1. The van der Waals surface area contributed by atoms with E-state index in [0.29, 0.717) is 18.8 Å². The van der Waals surface area contributed by atoms with Crippen LogP contribution in [0.3, 0.4) is 0 Å². The maximum absolute atomic E-state index is 12.6. The van der Waals surface area contributed by atoms with E-state index in [2.05, 4.69) is 0 Å². The van der Waals surface area contributed by atoms with Crippen molar-refractivity contribution >= 4 is 27.3 Å². The van der Waals surface area contributed by atoms with Gasteiger partial charge in [-0.25, -0.2) is 8.42 Å². The molecule has 1 fully saturated rings. The minimum Gasteiger partial charge on any atom is -0.399 e. The quantitative estimate of drug-likeness (QED) is 0.812. The minimum atomic E-state index is -3.62. The van der Waals surface area contributed by atoms with E-state index in [-0.39, 0.29) is 16.0 Å². The monoisotopic (exact) mass is 304 g/mol. The second-order valence-corrected chi connectivity index (χ2v) is 6.80. The zero-order valence-electron chi connectivity index (χ0n) is 10.7. The lowest BCUT2D eigenvalue weighted by molar-refractivity contribution is 0.177. The van der Waals surface area contributed by atoms with Crippen LogP contribution in [0.25, 0.3) is 0 Å². The number of nitrogens with two attached hydrogens (primary N) is 1. The SMILES string of the molecule is COCCN(C1CC1)S(=O)(=O)c1cc(N)ccc1Cl. The summed E-state index contributed by atoms with van der Waals surface area (Å²) >= 11 is 5.99. The molecule has 0 spiro atoms. The van der Waals surface area contributed by atoms with Crippen LogP contribution in [0.15, 0.2) is 23.1 Å². The van der Waals surface area contributed by atoms with Crippen molar-refractivity contribution in [2.45, 2.75) is 23.8 Å². The highest BCUT2D eigenvalue weighted by molar-refractivity contribution is 7.89. The van der Waals surface area contributed by atoms with Crippen molar-refractivity contribution in [3.63, 3.8) is 0 Å². The molecule has 0 unspecified atom stereocenters. The van der Waals surface area contributed by atoms with Gasteiger partial charge < -0.3 is 10.5 Å². The van der Waals surface area contributed by atoms with E-state index >= 15 is 0 Å². The van der Waals surface area contributed by atoms with Crippen molar-refractivity contribution < 1.29 is 13.2 Å². The highest BCUT2D eigenvalue weighted by Gasteiger charge is 2.38. The van der Waals surface area contributed by atoms with Crippen molar-refractivity contribution in [3.05, 3.63) is 23.2 Å². The maximum atomic E-state index is 12.6. The number of hydrogen-bond acceptors (Lipinski definition) is 4. The fourth-order valence-electron chi connectivity index (χ4n) is 1.89. The lowest BCUT2D eigenvalue weighted by Gasteiger charge is -2.22. The summed E-state index contributed by atoms with van der Waals surface area (Å²) in [6, 6.07) is 4.54. The number of nitrogens with zero attached hydrogens (tertiary/aromatic N) is 1. The number of rotatable bonds is 6. The van der Waals surface area contributed by atoms with Crippen LogP contribution in [0.1, 0.15) is 12.8 Å². The van der Waals surface area contributed by atoms with Gasteiger partial charge in [-0.3, -0.25) is 0 Å². The fraction of sp³-hybridized carbons (Fsp3) is 0.500. The molecule has 5 nitrogen and oxygen atoms in total. The number of halogens is 1. The molecule has 0 heterocycles. The number of methoxy groups -OCH3 is 1. The van der Waals surface area contributed by atoms with E-state index < -0.39 is 10.0 Å². The third-order valence-corrected chi connectivity index (χ3v) is 5.45. The lowest BCUT2D eigenvalue weighted by atomic mass is 10.3. The van der Waals surface area contributed by atoms with Crippen molar-refractivity contribution in [2.24, 2.45) is 0 Å². The zero-order valence-corrected chi connectivity index (χ0v) is 12.2. The number of ether oxygens (including phenoxy) is 1. The molecule has 0 radical (unpaired) electrons. The van der Waals surface area contributed by atoms with Crippen LogP contribution >= 0.6 is 11.6 Å². The van der Waals surface area contributed by atoms with Gasteiger partial charge in [0.2, 0.25) is 10.0 Å². The first-order valence-electron chi connectivity index (χ1n) is 6.02. The molecular weight excluding hydrogens is 288 g/mol. The van der Waals surface area contributed by atoms with Crippen molar-refractivity contribution in [1.82, 2.24) is 4.31 Å². The number of benzene rings is 1. The third-order valence-electron chi connectivity index (χ3n) is 3.01. The standard InChI is InChI=1S/C12H17ClN2O3S/c1-18-7-6-15(10-3-4-10)19(16,17)12-8-9(14)2-5-11(12)13/h2,5,8,10H,3-4,6-7,14H2,1H3. The van der Waals surface area contributed by atoms with Crippen LogP contribution in [-0.4, -0.2) is 39.0 Å². The van der Waals surface area contributed by atoms with Crippen LogP contribution in [0.5, 0.6) is 0 Å². The Labute approximate surface area is 118 Å². The maximum Gasteiger partial charge on any atom is 0.244 e. The Morgan fingerprint density at radius 2 is 2.16 bits per heavy atom. The molecule has 0 saturated heterocycles. The molecule has 106 valence electrons. The molecule has 1 aliphatic carbocycles. The first-order chi connectivity index (χ1) is 8.96. The van der Waals surface area contributed by atoms with Crippen LogP contribution in [0.2, 0.25) is 5.02 Å². The molecule has 0 aliphatic heterocycles. The van der Waals surface area contributed by atoms with Gasteiger partial charge >= 0.3 is 0 Å². The predicted octanol–water partition coefficient (Wildman–Crippen LogP) is 1.72. The predicted molar refractivity (Wildman–Crippen MR) is 74.7 cm³/mol.